The molecule has 90 valence electrons. The molecule has 1 aliphatic rings. The number of thiophene rings is 1. The maximum Gasteiger partial charge on any atom is 0.0724 e. The molecule has 0 amide bonds. The molecule has 1 aromatic heterocycles. The molecule has 2 rings (SSSR count). The van der Waals surface area contributed by atoms with E-state index in [-0.39, 0.29) is 0 Å². The monoisotopic (exact) mass is 239 g/mol. The van der Waals surface area contributed by atoms with Crippen molar-refractivity contribution in [3.8, 4) is 0 Å². The van der Waals surface area contributed by atoms with Gasteiger partial charge in [0.2, 0.25) is 0 Å². The zero-order valence-corrected chi connectivity index (χ0v) is 10.8. The average molecular weight is 239 g/mol. The van der Waals surface area contributed by atoms with Gasteiger partial charge in [-0.2, -0.15) is 11.3 Å². The Labute approximate surface area is 102 Å². The third-order valence-electron chi connectivity index (χ3n) is 3.41. The minimum absolute atomic E-state index is 0.427. The van der Waals surface area contributed by atoms with Gasteiger partial charge in [0.15, 0.2) is 0 Å². The second kappa shape index (κ2) is 6.38. The van der Waals surface area contributed by atoms with Crippen LogP contribution in [-0.4, -0.2) is 25.8 Å². The van der Waals surface area contributed by atoms with Crippen molar-refractivity contribution in [1.82, 2.24) is 5.32 Å². The van der Waals surface area contributed by atoms with E-state index in [0.717, 1.165) is 13.0 Å². The summed E-state index contributed by atoms with van der Waals surface area (Å²) >= 11 is 1.78. The number of hydrogen-bond donors (Lipinski definition) is 1. The molecule has 2 atom stereocenters. The van der Waals surface area contributed by atoms with Crippen LogP contribution in [0.5, 0.6) is 0 Å². The van der Waals surface area contributed by atoms with Crippen molar-refractivity contribution in [3.05, 3.63) is 22.4 Å². The molecule has 1 saturated carbocycles. The van der Waals surface area contributed by atoms with Gasteiger partial charge in [0.25, 0.3) is 0 Å². The van der Waals surface area contributed by atoms with Gasteiger partial charge in [0.05, 0.1) is 6.10 Å². The zero-order chi connectivity index (χ0) is 11.2. The van der Waals surface area contributed by atoms with E-state index in [0.29, 0.717) is 12.1 Å². The highest BCUT2D eigenvalue weighted by Gasteiger charge is 2.23. The summed E-state index contributed by atoms with van der Waals surface area (Å²) in [5.41, 5.74) is 1.45. The Kier molecular flexibility index (Phi) is 4.82. The highest BCUT2D eigenvalue weighted by Crippen LogP contribution is 2.20. The smallest absolute Gasteiger partial charge is 0.0724 e. The molecule has 2 unspecified atom stereocenters. The van der Waals surface area contributed by atoms with Crippen molar-refractivity contribution in [1.29, 1.82) is 0 Å². The molecule has 1 aromatic rings. The van der Waals surface area contributed by atoms with E-state index in [1.807, 2.05) is 7.11 Å². The van der Waals surface area contributed by atoms with Gasteiger partial charge in [-0.3, -0.25) is 0 Å². The van der Waals surface area contributed by atoms with Crippen LogP contribution in [0.15, 0.2) is 16.8 Å². The van der Waals surface area contributed by atoms with E-state index in [1.165, 1.54) is 31.2 Å². The van der Waals surface area contributed by atoms with Crippen molar-refractivity contribution < 1.29 is 4.74 Å². The molecule has 1 fully saturated rings. The van der Waals surface area contributed by atoms with E-state index in [4.69, 9.17) is 4.74 Å². The van der Waals surface area contributed by atoms with Crippen molar-refractivity contribution >= 4 is 11.3 Å². The lowest BCUT2D eigenvalue weighted by Crippen LogP contribution is -2.43. The Morgan fingerprint density at radius 2 is 2.31 bits per heavy atom. The van der Waals surface area contributed by atoms with Crippen molar-refractivity contribution in [2.24, 2.45) is 0 Å². The summed E-state index contributed by atoms with van der Waals surface area (Å²) in [5, 5.41) is 8.02. The number of ether oxygens (including phenoxy) is 1. The molecule has 0 spiro atoms. The standard InChI is InChI=1S/C13H21NOS/c1-15-13-5-3-2-4-12(13)14-8-6-11-7-9-16-10-11/h7,9-10,12-14H,2-6,8H2,1H3. The van der Waals surface area contributed by atoms with Crippen LogP contribution in [0.3, 0.4) is 0 Å². The Morgan fingerprint density at radius 1 is 1.44 bits per heavy atom. The number of nitrogens with one attached hydrogen (secondary N) is 1. The van der Waals surface area contributed by atoms with Gasteiger partial charge >= 0.3 is 0 Å². The molecule has 3 heteroatoms. The lowest BCUT2D eigenvalue weighted by molar-refractivity contribution is 0.0421. The van der Waals surface area contributed by atoms with E-state index in [2.05, 4.69) is 22.1 Å². The molecule has 1 N–H and O–H groups in total. The summed E-state index contributed by atoms with van der Waals surface area (Å²) in [6.45, 7) is 1.07. The summed E-state index contributed by atoms with van der Waals surface area (Å²) in [5.74, 6) is 0. The van der Waals surface area contributed by atoms with Crippen LogP contribution < -0.4 is 5.32 Å². The topological polar surface area (TPSA) is 21.3 Å². The fourth-order valence-electron chi connectivity index (χ4n) is 2.45. The Morgan fingerprint density at radius 3 is 3.06 bits per heavy atom. The predicted molar refractivity (Wildman–Crippen MR) is 69.1 cm³/mol. The average Bonchev–Trinajstić information content (AvgIpc) is 2.83. The van der Waals surface area contributed by atoms with Crippen LogP contribution in [0.1, 0.15) is 31.2 Å². The fraction of sp³-hybridized carbons (Fsp3) is 0.692. The molecule has 0 aromatic carbocycles. The summed E-state index contributed by atoms with van der Waals surface area (Å²) in [6, 6.07) is 2.78. The molecule has 0 bridgehead atoms. The number of hydrogen-bond acceptors (Lipinski definition) is 3. The minimum Gasteiger partial charge on any atom is -0.380 e. The summed E-state index contributed by atoms with van der Waals surface area (Å²) in [7, 11) is 1.84. The van der Waals surface area contributed by atoms with E-state index >= 15 is 0 Å². The van der Waals surface area contributed by atoms with Gasteiger partial charge in [0, 0.05) is 13.2 Å². The Bertz CT molecular complexity index is 286. The highest BCUT2D eigenvalue weighted by molar-refractivity contribution is 7.07. The highest BCUT2D eigenvalue weighted by atomic mass is 32.1. The first-order valence-corrected chi connectivity index (χ1v) is 7.11. The molecule has 1 heterocycles. The quantitative estimate of drug-likeness (QED) is 0.853. The summed E-state index contributed by atoms with van der Waals surface area (Å²) < 4.78 is 5.53. The third kappa shape index (κ3) is 3.30. The minimum atomic E-state index is 0.427. The van der Waals surface area contributed by atoms with Crippen LogP contribution in [0.25, 0.3) is 0 Å². The molecular formula is C13H21NOS. The normalized spacial score (nSPS) is 25.8. The second-order valence-corrected chi connectivity index (χ2v) is 5.28. The Balaban J connectivity index is 1.71. The second-order valence-electron chi connectivity index (χ2n) is 4.50. The van der Waals surface area contributed by atoms with Crippen LogP contribution in [0, 0.1) is 0 Å². The van der Waals surface area contributed by atoms with Crippen LogP contribution in [0.2, 0.25) is 0 Å². The lowest BCUT2D eigenvalue weighted by atomic mass is 9.92. The van der Waals surface area contributed by atoms with Gasteiger partial charge < -0.3 is 10.1 Å². The molecule has 0 saturated heterocycles. The SMILES string of the molecule is COC1CCCCC1NCCc1ccsc1. The maximum atomic E-state index is 5.53. The van der Waals surface area contributed by atoms with Crippen LogP contribution in [-0.2, 0) is 11.2 Å². The first-order chi connectivity index (χ1) is 7.90. The van der Waals surface area contributed by atoms with E-state index in [9.17, 15) is 0 Å². The molecule has 0 aliphatic heterocycles. The lowest BCUT2D eigenvalue weighted by Gasteiger charge is -2.31. The molecule has 1 aliphatic carbocycles. The van der Waals surface area contributed by atoms with Crippen molar-refractivity contribution in [3.63, 3.8) is 0 Å². The van der Waals surface area contributed by atoms with E-state index < -0.39 is 0 Å². The van der Waals surface area contributed by atoms with Gasteiger partial charge in [-0.05, 0) is 48.2 Å². The Hall–Kier alpha value is -0.380. The molecule has 2 nitrogen and oxygen atoms in total. The van der Waals surface area contributed by atoms with Crippen molar-refractivity contribution in [2.75, 3.05) is 13.7 Å². The predicted octanol–water partition coefficient (Wildman–Crippen LogP) is 2.84. The first-order valence-electron chi connectivity index (χ1n) is 6.17. The number of methoxy groups -OCH3 is 1. The summed E-state index contributed by atoms with van der Waals surface area (Å²) in [4.78, 5) is 0. The fourth-order valence-corrected chi connectivity index (χ4v) is 3.15. The van der Waals surface area contributed by atoms with E-state index in [1.54, 1.807) is 11.3 Å². The molecule has 0 radical (unpaired) electrons. The number of rotatable bonds is 5. The first kappa shape index (κ1) is 12.1. The summed E-state index contributed by atoms with van der Waals surface area (Å²) in [6.07, 6.45) is 6.71. The third-order valence-corrected chi connectivity index (χ3v) is 4.14. The van der Waals surface area contributed by atoms with Crippen LogP contribution >= 0.6 is 11.3 Å². The van der Waals surface area contributed by atoms with Gasteiger partial charge in [0.1, 0.15) is 0 Å². The maximum absolute atomic E-state index is 5.53. The zero-order valence-electron chi connectivity index (χ0n) is 9.95. The van der Waals surface area contributed by atoms with Gasteiger partial charge in [-0.1, -0.05) is 12.8 Å². The molecule has 16 heavy (non-hydrogen) atoms. The van der Waals surface area contributed by atoms with Gasteiger partial charge in [-0.25, -0.2) is 0 Å². The molecular weight excluding hydrogens is 218 g/mol. The largest absolute Gasteiger partial charge is 0.380 e. The van der Waals surface area contributed by atoms with Gasteiger partial charge in [-0.15, -0.1) is 0 Å². The van der Waals surface area contributed by atoms with Crippen molar-refractivity contribution in [2.45, 2.75) is 44.2 Å². The van der Waals surface area contributed by atoms with Crippen LogP contribution in [0.4, 0.5) is 0 Å².